The van der Waals surface area contributed by atoms with Crippen LogP contribution in [0.4, 0.5) is 28.4 Å². The van der Waals surface area contributed by atoms with Crippen LogP contribution in [0.5, 0.6) is 0 Å². The second-order valence-electron chi connectivity index (χ2n) is 16.2. The molecule has 1 aliphatic rings. The van der Waals surface area contributed by atoms with Crippen molar-refractivity contribution in [3.8, 4) is 16.8 Å². The number of fused-ring (bicyclic) bond motifs is 11. The molecule has 1 N–H and O–H groups in total. The van der Waals surface area contributed by atoms with Gasteiger partial charge in [0.15, 0.2) is 7.28 Å². The number of anilines is 5. The van der Waals surface area contributed by atoms with Crippen LogP contribution >= 0.6 is 0 Å². The normalized spacial score (nSPS) is 12.2. The molecule has 9 aromatic carbocycles. The van der Waals surface area contributed by atoms with E-state index in [0.717, 1.165) is 35.7 Å². The van der Waals surface area contributed by atoms with Gasteiger partial charge in [-0.15, -0.1) is 0 Å². The number of para-hydroxylation sites is 7. The largest absolute Gasteiger partial charge is 0.355 e. The number of benzene rings is 9. The highest BCUT2D eigenvalue weighted by Crippen LogP contribution is 2.48. The minimum Gasteiger partial charge on any atom is -0.355 e. The highest BCUT2D eigenvalue weighted by atomic mass is 15.1. The van der Waals surface area contributed by atoms with Gasteiger partial charge in [0.05, 0.1) is 22.1 Å². The summed E-state index contributed by atoms with van der Waals surface area (Å²) in [6, 6.07) is 71.3. The van der Waals surface area contributed by atoms with E-state index in [1.807, 2.05) is 0 Å². The minimum absolute atomic E-state index is 0.803. The van der Waals surface area contributed by atoms with Gasteiger partial charge in [0, 0.05) is 77.5 Å². The maximum absolute atomic E-state index is 4.02. The molecule has 13 rings (SSSR count). The highest BCUT2D eigenvalue weighted by Gasteiger charge is 2.30. The van der Waals surface area contributed by atoms with Gasteiger partial charge in [0.2, 0.25) is 0 Å². The number of nitrogens with one attached hydrogen (secondary N) is 1. The lowest BCUT2D eigenvalue weighted by molar-refractivity contribution is 1.18. The number of hydrogen-bond acceptors (Lipinski definition) is 2. The van der Waals surface area contributed by atoms with Crippen LogP contribution in [0.15, 0.2) is 194 Å². The first-order valence-electron chi connectivity index (χ1n) is 20.8. The molecule has 0 spiro atoms. The fourth-order valence-corrected chi connectivity index (χ4v) is 10.4. The topological polar surface area (TPSA) is 24.6 Å². The molecule has 5 heteroatoms. The third-order valence-corrected chi connectivity index (χ3v) is 13.0. The number of hydrogen-bond donors (Lipinski definition) is 1. The molecule has 12 aromatic rings. The summed E-state index contributed by atoms with van der Waals surface area (Å²) < 4.78 is 5.11. The lowest BCUT2D eigenvalue weighted by Crippen LogP contribution is -2.37. The van der Waals surface area contributed by atoms with Gasteiger partial charge in [-0.25, -0.2) is 0 Å². The zero-order valence-electron chi connectivity index (χ0n) is 33.0. The SMILES string of the molecule is Cc1ccccc1Nc1ccc2c3cccc4c5ccccc5n(c2c1-c1cc(N(c2ccccc2)c2ccccc2)cc2c1Bc1cccc5c6ccccc6n-2c15)c43. The summed E-state index contributed by atoms with van der Waals surface area (Å²) in [5.41, 5.74) is 19.2. The van der Waals surface area contributed by atoms with E-state index in [2.05, 4.69) is 220 Å². The third kappa shape index (κ3) is 4.63. The van der Waals surface area contributed by atoms with Crippen LogP contribution in [0.25, 0.3) is 76.7 Å². The Balaban J connectivity index is 1.23. The summed E-state index contributed by atoms with van der Waals surface area (Å²) in [4.78, 5) is 2.42. The molecule has 0 unspecified atom stereocenters. The van der Waals surface area contributed by atoms with E-state index >= 15 is 0 Å². The van der Waals surface area contributed by atoms with E-state index in [1.165, 1.54) is 93.2 Å². The van der Waals surface area contributed by atoms with Crippen LogP contribution in [0.3, 0.4) is 0 Å². The Morgan fingerprint density at radius 1 is 0.450 bits per heavy atom. The molecule has 0 atom stereocenters. The van der Waals surface area contributed by atoms with Crippen LogP contribution in [0, 0.1) is 6.92 Å². The average Bonchev–Trinajstić information content (AvgIpc) is 3.95. The van der Waals surface area contributed by atoms with Crippen molar-refractivity contribution in [2.24, 2.45) is 0 Å². The van der Waals surface area contributed by atoms with Crippen LogP contribution in [-0.4, -0.2) is 16.2 Å². The van der Waals surface area contributed by atoms with Crippen LogP contribution in [-0.2, 0) is 0 Å². The Labute approximate surface area is 347 Å². The summed E-state index contributed by atoms with van der Waals surface area (Å²) in [6.07, 6.45) is 0. The molecule has 0 radical (unpaired) electrons. The Morgan fingerprint density at radius 3 is 1.78 bits per heavy atom. The van der Waals surface area contributed by atoms with E-state index in [-0.39, 0.29) is 0 Å². The zero-order valence-corrected chi connectivity index (χ0v) is 33.0. The first-order chi connectivity index (χ1) is 29.7. The first kappa shape index (κ1) is 33.2. The van der Waals surface area contributed by atoms with Crippen LogP contribution in [0.2, 0.25) is 0 Å². The standard InChI is InChI=1S/C55H37BN4/c1-34-16-8-11-27-46(34)57-47-31-30-43-42-24-14-23-40-38-21-10-13-29-49(38)60(53(40)42)55(43)51(47)44-32-37(58(35-17-4-2-5-18-35)36-19-6-3-7-20-36)33-50-52(44)56-45-26-15-25-41-39-22-9-12-28-48(39)59(50)54(41)45/h2-33,56-57H,1H3. The molecule has 0 bridgehead atoms. The predicted molar refractivity (Wildman–Crippen MR) is 256 cm³/mol. The van der Waals surface area contributed by atoms with Crippen LogP contribution in [0.1, 0.15) is 5.56 Å². The van der Waals surface area contributed by atoms with Crippen molar-refractivity contribution in [1.29, 1.82) is 0 Å². The number of nitrogens with zero attached hydrogens (tertiary/aromatic N) is 3. The zero-order chi connectivity index (χ0) is 39.5. The second-order valence-corrected chi connectivity index (χ2v) is 16.2. The quantitative estimate of drug-likeness (QED) is 0.171. The predicted octanol–water partition coefficient (Wildman–Crippen LogP) is 12.8. The van der Waals surface area contributed by atoms with Crippen molar-refractivity contribution in [2.45, 2.75) is 6.92 Å². The van der Waals surface area contributed by atoms with Gasteiger partial charge in [-0.3, -0.25) is 0 Å². The van der Waals surface area contributed by atoms with E-state index in [9.17, 15) is 0 Å². The van der Waals surface area contributed by atoms with E-state index in [1.54, 1.807) is 0 Å². The van der Waals surface area contributed by atoms with Gasteiger partial charge >= 0.3 is 0 Å². The number of aryl methyl sites for hydroxylation is 1. The Kier molecular flexibility index (Phi) is 6.99. The van der Waals surface area contributed by atoms with Gasteiger partial charge < -0.3 is 19.2 Å². The fourth-order valence-electron chi connectivity index (χ4n) is 10.4. The molecule has 4 nitrogen and oxygen atoms in total. The van der Waals surface area contributed by atoms with Crippen molar-refractivity contribution < 1.29 is 0 Å². The molecule has 0 fully saturated rings. The second kappa shape index (κ2) is 12.6. The van der Waals surface area contributed by atoms with E-state index in [0.29, 0.717) is 0 Å². The Morgan fingerprint density at radius 2 is 1.03 bits per heavy atom. The van der Waals surface area contributed by atoms with Crippen molar-refractivity contribution in [2.75, 3.05) is 10.2 Å². The summed E-state index contributed by atoms with van der Waals surface area (Å²) in [7, 11) is 0.803. The summed E-state index contributed by atoms with van der Waals surface area (Å²) in [6.45, 7) is 2.19. The van der Waals surface area contributed by atoms with Crippen molar-refractivity contribution >= 4 is 107 Å². The van der Waals surface area contributed by atoms with Gasteiger partial charge in [-0.05, 0) is 84.2 Å². The third-order valence-electron chi connectivity index (χ3n) is 13.0. The average molecular weight is 765 g/mol. The maximum atomic E-state index is 4.02. The molecule has 60 heavy (non-hydrogen) atoms. The number of rotatable bonds is 6. The van der Waals surface area contributed by atoms with Gasteiger partial charge in [-0.2, -0.15) is 0 Å². The lowest BCUT2D eigenvalue weighted by atomic mass is 9.59. The Hall–Kier alpha value is -7.76. The molecule has 4 heterocycles. The first-order valence-corrected chi connectivity index (χ1v) is 20.8. The smallest absolute Gasteiger partial charge is 0.198 e. The molecule has 0 aliphatic carbocycles. The van der Waals surface area contributed by atoms with Gasteiger partial charge in [0.1, 0.15) is 0 Å². The number of aromatic nitrogens is 2. The van der Waals surface area contributed by atoms with Gasteiger partial charge in [-0.1, -0.05) is 139 Å². The molecule has 0 amide bonds. The minimum atomic E-state index is 0.803. The molecular formula is C55H37BN4. The van der Waals surface area contributed by atoms with Crippen LogP contribution < -0.4 is 21.1 Å². The van der Waals surface area contributed by atoms with Crippen molar-refractivity contribution in [3.63, 3.8) is 0 Å². The molecule has 1 aliphatic heterocycles. The van der Waals surface area contributed by atoms with E-state index in [4.69, 9.17) is 0 Å². The van der Waals surface area contributed by atoms with E-state index < -0.39 is 0 Å². The fraction of sp³-hybridized carbons (Fsp3) is 0.0182. The monoisotopic (exact) mass is 764 g/mol. The van der Waals surface area contributed by atoms with Crippen molar-refractivity contribution in [1.82, 2.24) is 8.97 Å². The molecule has 3 aromatic heterocycles. The molecule has 0 saturated carbocycles. The lowest BCUT2D eigenvalue weighted by Gasteiger charge is -2.30. The molecule has 0 saturated heterocycles. The maximum Gasteiger partial charge on any atom is 0.198 e. The molecule has 280 valence electrons. The Bertz CT molecular complexity index is 3640. The highest BCUT2D eigenvalue weighted by molar-refractivity contribution is 6.73. The summed E-state index contributed by atoms with van der Waals surface area (Å²) in [5.74, 6) is 0. The summed E-state index contributed by atoms with van der Waals surface area (Å²) >= 11 is 0. The molecular weight excluding hydrogens is 727 g/mol. The van der Waals surface area contributed by atoms with Gasteiger partial charge in [0.25, 0.3) is 0 Å². The van der Waals surface area contributed by atoms with Crippen molar-refractivity contribution in [3.05, 3.63) is 200 Å². The summed E-state index contributed by atoms with van der Waals surface area (Å²) in [5, 5.41) is 11.7.